The van der Waals surface area contributed by atoms with Crippen LogP contribution >= 0.6 is 0 Å². The second-order valence-corrected chi connectivity index (χ2v) is 7.52. The van der Waals surface area contributed by atoms with Gasteiger partial charge in [-0.25, -0.2) is 14.8 Å². The van der Waals surface area contributed by atoms with Gasteiger partial charge in [-0.05, 0) is 36.6 Å². The molecule has 2 amide bonds. The summed E-state index contributed by atoms with van der Waals surface area (Å²) in [5.41, 5.74) is 3.82. The van der Waals surface area contributed by atoms with E-state index in [0.29, 0.717) is 19.6 Å². The summed E-state index contributed by atoms with van der Waals surface area (Å²) in [6, 6.07) is 16.0. The van der Waals surface area contributed by atoms with Crippen LogP contribution in [0.15, 0.2) is 71.7 Å². The van der Waals surface area contributed by atoms with Crippen molar-refractivity contribution in [3.8, 4) is 11.4 Å². The minimum atomic E-state index is -0.0179. The minimum Gasteiger partial charge on any atom is -0.472 e. The van der Waals surface area contributed by atoms with Gasteiger partial charge in [-0.15, -0.1) is 0 Å². The van der Waals surface area contributed by atoms with Crippen molar-refractivity contribution in [3.63, 3.8) is 0 Å². The molecule has 4 heterocycles. The quantitative estimate of drug-likeness (QED) is 0.550. The normalized spacial score (nSPS) is 16.3. The van der Waals surface area contributed by atoms with Crippen molar-refractivity contribution in [2.24, 2.45) is 0 Å². The molecular weight excluding hydrogens is 378 g/mol. The number of rotatable bonds is 5. The molecule has 1 aliphatic heterocycles. The van der Waals surface area contributed by atoms with Crippen LogP contribution in [0, 0.1) is 0 Å². The first kappa shape index (κ1) is 18.4. The number of hydrogen-bond donors (Lipinski definition) is 1. The molecule has 1 aromatic carbocycles. The molecule has 1 fully saturated rings. The van der Waals surface area contributed by atoms with E-state index in [4.69, 9.17) is 9.40 Å². The van der Waals surface area contributed by atoms with Crippen molar-refractivity contribution in [2.45, 2.75) is 18.9 Å². The van der Waals surface area contributed by atoms with Gasteiger partial charge in [0.2, 0.25) is 0 Å². The van der Waals surface area contributed by atoms with Crippen LogP contribution in [0.3, 0.4) is 0 Å². The number of imidazole rings is 1. The zero-order valence-corrected chi connectivity index (χ0v) is 16.6. The molecule has 7 nitrogen and oxygen atoms in total. The first-order chi connectivity index (χ1) is 14.8. The van der Waals surface area contributed by atoms with Gasteiger partial charge in [-0.3, -0.25) is 0 Å². The highest BCUT2D eigenvalue weighted by atomic mass is 16.3. The van der Waals surface area contributed by atoms with Gasteiger partial charge in [0.25, 0.3) is 0 Å². The summed E-state index contributed by atoms with van der Waals surface area (Å²) in [6.45, 7) is 1.96. The molecule has 0 unspecified atom stereocenters. The highest BCUT2D eigenvalue weighted by molar-refractivity contribution is 5.78. The molecule has 30 heavy (non-hydrogen) atoms. The van der Waals surface area contributed by atoms with E-state index in [1.54, 1.807) is 18.7 Å². The van der Waals surface area contributed by atoms with Crippen LogP contribution in [-0.2, 0) is 6.42 Å². The predicted molar refractivity (Wildman–Crippen MR) is 114 cm³/mol. The second-order valence-electron chi connectivity index (χ2n) is 7.52. The van der Waals surface area contributed by atoms with Gasteiger partial charge in [-0.1, -0.05) is 30.3 Å². The molecule has 5 rings (SSSR count). The van der Waals surface area contributed by atoms with Crippen LogP contribution in [-0.4, -0.2) is 45.1 Å². The van der Waals surface area contributed by atoms with Gasteiger partial charge >= 0.3 is 6.03 Å². The van der Waals surface area contributed by atoms with E-state index in [2.05, 4.69) is 27.0 Å². The van der Waals surface area contributed by atoms with Gasteiger partial charge in [-0.2, -0.15) is 0 Å². The van der Waals surface area contributed by atoms with Gasteiger partial charge in [0, 0.05) is 25.8 Å². The molecule has 1 aliphatic rings. The number of pyridine rings is 1. The SMILES string of the molecule is O=C(NCCc1ccccc1)N1CC[C@H](n2c(-c3ccoc3)nc3cccnc32)C1. The summed E-state index contributed by atoms with van der Waals surface area (Å²) in [6.07, 6.45) is 6.81. The lowest BCUT2D eigenvalue weighted by Crippen LogP contribution is -2.39. The summed E-state index contributed by atoms with van der Waals surface area (Å²) in [4.78, 5) is 23.9. The van der Waals surface area contributed by atoms with E-state index >= 15 is 0 Å². The Hall–Kier alpha value is -3.61. The third-order valence-corrected chi connectivity index (χ3v) is 5.58. The number of urea groups is 1. The molecule has 1 N–H and O–H groups in total. The summed E-state index contributed by atoms with van der Waals surface area (Å²) in [7, 11) is 0. The highest BCUT2D eigenvalue weighted by Crippen LogP contribution is 2.32. The number of aromatic nitrogens is 3. The lowest BCUT2D eigenvalue weighted by Gasteiger charge is -2.19. The van der Waals surface area contributed by atoms with E-state index in [0.717, 1.165) is 35.4 Å². The van der Waals surface area contributed by atoms with Crippen molar-refractivity contribution in [3.05, 3.63) is 72.8 Å². The van der Waals surface area contributed by atoms with Gasteiger partial charge in [0.05, 0.1) is 17.9 Å². The monoisotopic (exact) mass is 401 g/mol. The van der Waals surface area contributed by atoms with E-state index in [1.165, 1.54) is 5.56 Å². The van der Waals surface area contributed by atoms with E-state index in [1.807, 2.05) is 41.3 Å². The van der Waals surface area contributed by atoms with Crippen LogP contribution < -0.4 is 5.32 Å². The van der Waals surface area contributed by atoms with Crippen LogP contribution in [0.25, 0.3) is 22.6 Å². The standard InChI is InChI=1S/C23H23N5O2/c29-23(25-12-8-17-5-2-1-3-6-17)27-13-9-19(15-27)28-21(18-10-14-30-16-18)26-20-7-4-11-24-22(20)28/h1-7,10-11,14,16,19H,8-9,12-13,15H2,(H,25,29)/t19-/m0/s1. The maximum atomic E-state index is 12.7. The number of carbonyl (C=O) groups excluding carboxylic acids is 1. The maximum Gasteiger partial charge on any atom is 0.317 e. The minimum absolute atomic E-state index is 0.0179. The number of likely N-dealkylation sites (tertiary alicyclic amines) is 1. The van der Waals surface area contributed by atoms with Crippen molar-refractivity contribution in [1.82, 2.24) is 24.8 Å². The van der Waals surface area contributed by atoms with Gasteiger partial charge < -0.3 is 19.2 Å². The van der Waals surface area contributed by atoms with Crippen molar-refractivity contribution < 1.29 is 9.21 Å². The zero-order valence-electron chi connectivity index (χ0n) is 16.6. The molecule has 0 radical (unpaired) electrons. The lowest BCUT2D eigenvalue weighted by molar-refractivity contribution is 0.207. The Bertz CT molecular complexity index is 1140. The first-order valence-corrected chi connectivity index (χ1v) is 10.2. The Morgan fingerprint density at radius 2 is 2.07 bits per heavy atom. The number of benzene rings is 1. The molecule has 3 aromatic heterocycles. The summed E-state index contributed by atoms with van der Waals surface area (Å²) >= 11 is 0. The fourth-order valence-electron chi connectivity index (χ4n) is 4.08. The Labute approximate surface area is 174 Å². The Morgan fingerprint density at radius 3 is 2.90 bits per heavy atom. The average Bonchev–Trinajstić information content (AvgIpc) is 3.53. The zero-order chi connectivity index (χ0) is 20.3. The summed E-state index contributed by atoms with van der Waals surface area (Å²) in [5.74, 6) is 0.828. The van der Waals surface area contributed by atoms with Crippen molar-refractivity contribution in [2.75, 3.05) is 19.6 Å². The number of furan rings is 1. The van der Waals surface area contributed by atoms with Crippen LogP contribution in [0.2, 0.25) is 0 Å². The van der Waals surface area contributed by atoms with E-state index in [-0.39, 0.29) is 12.1 Å². The average molecular weight is 401 g/mol. The molecule has 0 spiro atoms. The third-order valence-electron chi connectivity index (χ3n) is 5.58. The molecule has 0 aliphatic carbocycles. The summed E-state index contributed by atoms with van der Waals surface area (Å²) in [5, 5.41) is 3.05. The molecule has 1 atom stereocenters. The lowest BCUT2D eigenvalue weighted by atomic mass is 10.1. The molecule has 152 valence electrons. The van der Waals surface area contributed by atoms with E-state index < -0.39 is 0 Å². The highest BCUT2D eigenvalue weighted by Gasteiger charge is 2.30. The number of amides is 2. The van der Waals surface area contributed by atoms with Crippen LogP contribution in [0.4, 0.5) is 4.79 Å². The van der Waals surface area contributed by atoms with Crippen molar-refractivity contribution >= 4 is 17.2 Å². The third kappa shape index (κ3) is 3.54. The molecular formula is C23H23N5O2. The number of fused-ring (bicyclic) bond motifs is 1. The smallest absolute Gasteiger partial charge is 0.317 e. The number of hydrogen-bond acceptors (Lipinski definition) is 4. The fourth-order valence-corrected chi connectivity index (χ4v) is 4.08. The fraction of sp³-hybridized carbons (Fsp3) is 0.261. The largest absolute Gasteiger partial charge is 0.472 e. The number of carbonyl (C=O) groups is 1. The number of nitrogens with one attached hydrogen (secondary N) is 1. The summed E-state index contributed by atoms with van der Waals surface area (Å²) < 4.78 is 7.42. The van der Waals surface area contributed by atoms with Crippen LogP contribution in [0.1, 0.15) is 18.0 Å². The molecule has 1 saturated heterocycles. The Morgan fingerprint density at radius 1 is 1.17 bits per heavy atom. The second kappa shape index (κ2) is 8.02. The number of nitrogens with zero attached hydrogens (tertiary/aromatic N) is 4. The molecule has 7 heteroatoms. The van der Waals surface area contributed by atoms with E-state index in [9.17, 15) is 4.79 Å². The Kier molecular flexibility index (Phi) is 4.93. The van der Waals surface area contributed by atoms with Crippen molar-refractivity contribution in [1.29, 1.82) is 0 Å². The van der Waals surface area contributed by atoms with Crippen LogP contribution in [0.5, 0.6) is 0 Å². The maximum absolute atomic E-state index is 12.7. The topological polar surface area (TPSA) is 76.2 Å². The Balaban J connectivity index is 1.30. The predicted octanol–water partition coefficient (Wildman–Crippen LogP) is 3.89. The molecule has 0 saturated carbocycles. The molecule has 4 aromatic rings. The first-order valence-electron chi connectivity index (χ1n) is 10.2. The van der Waals surface area contributed by atoms with Gasteiger partial charge in [0.15, 0.2) is 5.65 Å². The van der Waals surface area contributed by atoms with Gasteiger partial charge in [0.1, 0.15) is 17.6 Å². The molecule has 0 bridgehead atoms.